The number of anilines is 2. The molecular formula is C14H19N5S. The first-order valence-electron chi connectivity index (χ1n) is 6.48. The molecule has 0 aromatic carbocycles. The Labute approximate surface area is 124 Å². The molecule has 6 heteroatoms. The Kier molecular flexibility index (Phi) is 4.04. The van der Waals surface area contributed by atoms with Crippen molar-refractivity contribution in [3.63, 3.8) is 0 Å². The summed E-state index contributed by atoms with van der Waals surface area (Å²) in [6.45, 7) is 8.01. The van der Waals surface area contributed by atoms with E-state index in [1.807, 2.05) is 30.7 Å². The van der Waals surface area contributed by atoms with E-state index in [9.17, 15) is 0 Å². The van der Waals surface area contributed by atoms with E-state index >= 15 is 0 Å². The quantitative estimate of drug-likeness (QED) is 0.847. The molecular weight excluding hydrogens is 270 g/mol. The molecule has 2 rings (SSSR count). The largest absolute Gasteiger partial charge is 0.389 e. The molecule has 0 amide bonds. The molecule has 0 aliphatic heterocycles. The van der Waals surface area contributed by atoms with Crippen molar-refractivity contribution in [2.45, 2.75) is 33.7 Å². The molecule has 0 aliphatic rings. The van der Waals surface area contributed by atoms with Crippen molar-refractivity contribution in [2.24, 2.45) is 5.73 Å². The molecule has 2 aromatic rings. The maximum absolute atomic E-state index is 5.82. The van der Waals surface area contributed by atoms with Gasteiger partial charge in [0.1, 0.15) is 10.8 Å². The highest BCUT2D eigenvalue weighted by atomic mass is 32.1. The lowest BCUT2D eigenvalue weighted by Crippen LogP contribution is -2.16. The van der Waals surface area contributed by atoms with Crippen LogP contribution in [0.1, 0.15) is 36.8 Å². The van der Waals surface area contributed by atoms with E-state index in [0.717, 1.165) is 28.5 Å². The summed E-state index contributed by atoms with van der Waals surface area (Å²) in [5.41, 5.74) is 9.21. The number of nitrogens with one attached hydrogen (secondary N) is 1. The van der Waals surface area contributed by atoms with Crippen LogP contribution in [0.25, 0.3) is 0 Å². The van der Waals surface area contributed by atoms with Crippen LogP contribution in [0, 0.1) is 13.8 Å². The predicted molar refractivity (Wildman–Crippen MR) is 85.5 cm³/mol. The minimum Gasteiger partial charge on any atom is -0.389 e. The van der Waals surface area contributed by atoms with Gasteiger partial charge in [0, 0.05) is 23.5 Å². The third-order valence-electron chi connectivity index (χ3n) is 3.00. The van der Waals surface area contributed by atoms with E-state index in [0.29, 0.717) is 4.99 Å². The summed E-state index contributed by atoms with van der Waals surface area (Å²) in [5.74, 6) is 0.905. The van der Waals surface area contributed by atoms with E-state index in [1.54, 1.807) is 6.20 Å². The first-order chi connectivity index (χ1) is 9.40. The first kappa shape index (κ1) is 14.5. The highest BCUT2D eigenvalue weighted by Crippen LogP contribution is 2.25. The fraction of sp³-hybridized carbons (Fsp3) is 0.357. The number of thiocarbonyl (C=S) groups is 1. The lowest BCUT2D eigenvalue weighted by Gasteiger charge is -2.16. The predicted octanol–water partition coefficient (Wildman–Crippen LogP) is 2.85. The van der Waals surface area contributed by atoms with Gasteiger partial charge in [-0.3, -0.25) is 4.98 Å². The smallest absolute Gasteiger partial charge is 0.128 e. The first-order valence-corrected chi connectivity index (χ1v) is 6.89. The Morgan fingerprint density at radius 2 is 2.10 bits per heavy atom. The van der Waals surface area contributed by atoms with Crippen molar-refractivity contribution in [3.8, 4) is 0 Å². The molecule has 0 radical (unpaired) electrons. The Balaban J connectivity index is 2.48. The van der Waals surface area contributed by atoms with Crippen molar-refractivity contribution < 1.29 is 0 Å². The van der Waals surface area contributed by atoms with E-state index in [4.69, 9.17) is 18.0 Å². The molecule has 106 valence electrons. The summed E-state index contributed by atoms with van der Waals surface area (Å²) in [6.07, 6.45) is 1.77. The van der Waals surface area contributed by atoms with Crippen molar-refractivity contribution in [1.82, 2.24) is 14.8 Å². The molecule has 5 nitrogen and oxygen atoms in total. The molecule has 20 heavy (non-hydrogen) atoms. The van der Waals surface area contributed by atoms with Gasteiger partial charge in [0.2, 0.25) is 0 Å². The van der Waals surface area contributed by atoms with Gasteiger partial charge in [0.15, 0.2) is 0 Å². The SMILES string of the molecule is Cc1cc(Nc2ccnn2C(C)C)c(C(N)=S)c(C)n1. The lowest BCUT2D eigenvalue weighted by molar-refractivity contribution is 0.540. The van der Waals surface area contributed by atoms with E-state index < -0.39 is 0 Å². The van der Waals surface area contributed by atoms with Gasteiger partial charge in [-0.1, -0.05) is 12.2 Å². The van der Waals surface area contributed by atoms with Gasteiger partial charge < -0.3 is 11.1 Å². The Hall–Kier alpha value is -1.95. The zero-order valence-electron chi connectivity index (χ0n) is 12.1. The second-order valence-corrected chi connectivity index (χ2v) is 5.46. The highest BCUT2D eigenvalue weighted by molar-refractivity contribution is 7.80. The minimum absolute atomic E-state index is 0.268. The van der Waals surface area contributed by atoms with Crippen LogP contribution in [0.4, 0.5) is 11.5 Å². The molecule has 2 heterocycles. The third-order valence-corrected chi connectivity index (χ3v) is 3.20. The summed E-state index contributed by atoms with van der Waals surface area (Å²) < 4.78 is 1.91. The van der Waals surface area contributed by atoms with Gasteiger partial charge in [-0.05, 0) is 33.8 Å². The van der Waals surface area contributed by atoms with Crippen LogP contribution in [0.5, 0.6) is 0 Å². The second kappa shape index (κ2) is 5.58. The average molecular weight is 289 g/mol. The number of nitrogens with two attached hydrogens (primary N) is 1. The van der Waals surface area contributed by atoms with Gasteiger partial charge in [-0.25, -0.2) is 4.68 Å². The van der Waals surface area contributed by atoms with E-state index in [-0.39, 0.29) is 6.04 Å². The normalized spacial score (nSPS) is 10.8. The molecule has 0 aliphatic carbocycles. The van der Waals surface area contributed by atoms with Crippen LogP contribution in [0.15, 0.2) is 18.3 Å². The second-order valence-electron chi connectivity index (χ2n) is 5.02. The summed E-state index contributed by atoms with van der Waals surface area (Å²) in [4.78, 5) is 4.75. The molecule has 0 saturated carbocycles. The number of hydrogen-bond donors (Lipinski definition) is 2. The number of hydrogen-bond acceptors (Lipinski definition) is 4. The van der Waals surface area contributed by atoms with Gasteiger partial charge in [0.25, 0.3) is 0 Å². The minimum atomic E-state index is 0.268. The van der Waals surface area contributed by atoms with Gasteiger partial charge in [0.05, 0.1) is 17.4 Å². The molecule has 0 unspecified atom stereocenters. The van der Waals surface area contributed by atoms with Crippen molar-refractivity contribution in [1.29, 1.82) is 0 Å². The molecule has 2 aromatic heterocycles. The third kappa shape index (κ3) is 2.80. The Morgan fingerprint density at radius 1 is 1.40 bits per heavy atom. The molecule has 0 atom stereocenters. The van der Waals surface area contributed by atoms with Crippen LogP contribution >= 0.6 is 12.2 Å². The molecule has 0 spiro atoms. The summed E-state index contributed by atoms with van der Waals surface area (Å²) in [7, 11) is 0. The van der Waals surface area contributed by atoms with Crippen LogP contribution in [-0.2, 0) is 0 Å². The molecule has 0 fully saturated rings. The van der Waals surface area contributed by atoms with Gasteiger partial charge >= 0.3 is 0 Å². The molecule has 0 saturated heterocycles. The fourth-order valence-corrected chi connectivity index (χ4v) is 2.46. The van der Waals surface area contributed by atoms with Crippen LogP contribution < -0.4 is 11.1 Å². The van der Waals surface area contributed by atoms with Gasteiger partial charge in [-0.15, -0.1) is 0 Å². The van der Waals surface area contributed by atoms with Crippen molar-refractivity contribution >= 4 is 28.7 Å². The topological polar surface area (TPSA) is 68.8 Å². The lowest BCUT2D eigenvalue weighted by atomic mass is 10.1. The van der Waals surface area contributed by atoms with Crippen LogP contribution in [-0.4, -0.2) is 19.8 Å². The number of aryl methyl sites for hydroxylation is 2. The Morgan fingerprint density at radius 3 is 2.70 bits per heavy atom. The van der Waals surface area contributed by atoms with Crippen LogP contribution in [0.2, 0.25) is 0 Å². The maximum atomic E-state index is 5.82. The fourth-order valence-electron chi connectivity index (χ4n) is 2.20. The van der Waals surface area contributed by atoms with E-state index in [2.05, 4.69) is 29.2 Å². The zero-order chi connectivity index (χ0) is 14.9. The van der Waals surface area contributed by atoms with E-state index in [1.165, 1.54) is 0 Å². The standard InChI is InChI=1S/C14H19N5S/c1-8(2)19-12(5-6-16-19)18-11-7-9(3)17-10(4)13(11)14(15)20/h5-8H,1-4H3,(H2,15,20)(H,17,18). The summed E-state index contributed by atoms with van der Waals surface area (Å²) in [6, 6.07) is 4.14. The maximum Gasteiger partial charge on any atom is 0.128 e. The van der Waals surface area contributed by atoms with Crippen LogP contribution in [0.3, 0.4) is 0 Å². The average Bonchev–Trinajstić information content (AvgIpc) is 2.75. The van der Waals surface area contributed by atoms with Gasteiger partial charge in [-0.2, -0.15) is 5.10 Å². The van der Waals surface area contributed by atoms with Crippen molar-refractivity contribution in [2.75, 3.05) is 5.32 Å². The Bertz CT molecular complexity index is 645. The summed E-state index contributed by atoms with van der Waals surface area (Å²) in [5, 5.41) is 7.66. The monoisotopic (exact) mass is 289 g/mol. The zero-order valence-corrected chi connectivity index (χ0v) is 13.0. The number of rotatable bonds is 4. The van der Waals surface area contributed by atoms with Crippen molar-refractivity contribution in [3.05, 3.63) is 35.3 Å². The number of aromatic nitrogens is 3. The number of nitrogens with zero attached hydrogens (tertiary/aromatic N) is 3. The molecule has 3 N–H and O–H groups in total. The summed E-state index contributed by atoms with van der Waals surface area (Å²) >= 11 is 5.14. The molecule has 0 bridgehead atoms. The number of pyridine rings is 1. The highest BCUT2D eigenvalue weighted by Gasteiger charge is 2.13.